The Morgan fingerprint density at radius 2 is 1.76 bits per heavy atom. The summed E-state index contributed by atoms with van der Waals surface area (Å²) < 4.78 is 0.864. The molecule has 0 radical (unpaired) electrons. The van der Waals surface area contributed by atoms with E-state index in [1.165, 1.54) is 11.3 Å². The van der Waals surface area contributed by atoms with Crippen molar-refractivity contribution in [2.45, 2.75) is 5.75 Å². The fourth-order valence-electron chi connectivity index (χ4n) is 1.60. The highest BCUT2D eigenvalue weighted by Crippen LogP contribution is 2.21. The Morgan fingerprint density at radius 3 is 2.33 bits per heavy atom. The fraction of sp³-hybridized carbons (Fsp3) is 0.143. The second-order valence-corrected chi connectivity index (χ2v) is 7.47. The van der Waals surface area contributed by atoms with E-state index in [0.29, 0.717) is 10.4 Å². The predicted molar refractivity (Wildman–Crippen MR) is 90.6 cm³/mol. The quantitative estimate of drug-likeness (QED) is 0.793. The summed E-state index contributed by atoms with van der Waals surface area (Å²) in [4.78, 5) is 24.2. The maximum absolute atomic E-state index is 11.9. The maximum Gasteiger partial charge on any atom is 0.279 e. The number of thioether (sulfide) groups is 1. The molecule has 2 aromatic rings. The summed E-state index contributed by atoms with van der Waals surface area (Å²) in [6.07, 6.45) is 2.03. The number of nitrogens with one attached hydrogen (secondary N) is 2. The first kappa shape index (κ1) is 16.1. The third-order valence-electron chi connectivity index (χ3n) is 2.61. The van der Waals surface area contributed by atoms with Crippen molar-refractivity contribution in [3.63, 3.8) is 0 Å². The molecule has 110 valence electrons. The standard InChI is InChI=1S/C14H13BrN2O2S2/c1-20-8-9-2-4-10(5-3-9)13(18)16-17-14(19)11-6-7-12(15)21-11/h2-7H,8H2,1H3,(H,16,18)(H,17,19). The van der Waals surface area contributed by atoms with Crippen LogP contribution in [-0.2, 0) is 5.75 Å². The minimum Gasteiger partial charge on any atom is -0.267 e. The zero-order chi connectivity index (χ0) is 15.2. The molecule has 0 saturated heterocycles. The summed E-state index contributed by atoms with van der Waals surface area (Å²) in [6.45, 7) is 0. The van der Waals surface area contributed by atoms with Crippen LogP contribution in [0.4, 0.5) is 0 Å². The first-order chi connectivity index (χ1) is 10.1. The first-order valence-corrected chi connectivity index (χ1v) is 9.04. The lowest BCUT2D eigenvalue weighted by atomic mass is 10.1. The average molecular weight is 385 g/mol. The van der Waals surface area contributed by atoms with E-state index in [4.69, 9.17) is 0 Å². The third-order valence-corrected chi connectivity index (χ3v) is 4.86. The van der Waals surface area contributed by atoms with Gasteiger partial charge >= 0.3 is 0 Å². The number of halogens is 1. The summed E-state index contributed by atoms with van der Waals surface area (Å²) in [5, 5.41) is 0. The van der Waals surface area contributed by atoms with Gasteiger partial charge in [-0.3, -0.25) is 20.4 Å². The lowest BCUT2D eigenvalue weighted by Crippen LogP contribution is -2.41. The molecule has 2 rings (SSSR count). The predicted octanol–water partition coefficient (Wildman–Crippen LogP) is 3.45. The van der Waals surface area contributed by atoms with E-state index < -0.39 is 0 Å². The molecule has 0 saturated carbocycles. The maximum atomic E-state index is 11.9. The molecule has 0 aliphatic heterocycles. The number of rotatable bonds is 4. The van der Waals surface area contributed by atoms with Crippen molar-refractivity contribution in [3.05, 3.63) is 56.2 Å². The Labute approximate surface area is 139 Å². The second-order valence-electron chi connectivity index (χ2n) is 4.14. The Balaban J connectivity index is 1.90. The number of hydrogen-bond acceptors (Lipinski definition) is 4. The highest BCUT2D eigenvalue weighted by Gasteiger charge is 2.10. The van der Waals surface area contributed by atoms with Crippen molar-refractivity contribution >= 4 is 50.8 Å². The van der Waals surface area contributed by atoms with Crippen molar-refractivity contribution < 1.29 is 9.59 Å². The van der Waals surface area contributed by atoms with Crippen LogP contribution >= 0.6 is 39.0 Å². The number of hydrogen-bond donors (Lipinski definition) is 2. The lowest BCUT2D eigenvalue weighted by molar-refractivity contribution is 0.0849. The van der Waals surface area contributed by atoms with Crippen molar-refractivity contribution in [3.8, 4) is 0 Å². The van der Waals surface area contributed by atoms with Gasteiger partial charge < -0.3 is 0 Å². The van der Waals surface area contributed by atoms with Gasteiger partial charge in [0.25, 0.3) is 11.8 Å². The molecule has 4 nitrogen and oxygen atoms in total. The molecule has 1 aromatic heterocycles. The van der Waals surface area contributed by atoms with Crippen LogP contribution in [0.5, 0.6) is 0 Å². The molecular weight excluding hydrogens is 372 g/mol. The van der Waals surface area contributed by atoms with Crippen LogP contribution in [0.25, 0.3) is 0 Å². The van der Waals surface area contributed by atoms with Crippen molar-refractivity contribution in [1.82, 2.24) is 10.9 Å². The Bertz CT molecular complexity index is 641. The molecule has 1 aromatic carbocycles. The molecule has 1 heterocycles. The molecule has 21 heavy (non-hydrogen) atoms. The topological polar surface area (TPSA) is 58.2 Å². The molecule has 0 fully saturated rings. The van der Waals surface area contributed by atoms with Crippen LogP contribution in [-0.4, -0.2) is 18.1 Å². The number of carbonyl (C=O) groups is 2. The smallest absolute Gasteiger partial charge is 0.267 e. The average Bonchev–Trinajstić information content (AvgIpc) is 2.92. The molecule has 0 atom stereocenters. The first-order valence-electron chi connectivity index (χ1n) is 6.04. The minimum absolute atomic E-state index is 0.335. The number of carbonyl (C=O) groups excluding carboxylic acids is 2. The van der Waals surface area contributed by atoms with Crippen molar-refractivity contribution in [2.75, 3.05) is 6.26 Å². The van der Waals surface area contributed by atoms with E-state index >= 15 is 0 Å². The molecule has 0 spiro atoms. The van der Waals surface area contributed by atoms with Crippen LogP contribution < -0.4 is 10.9 Å². The number of thiophene rings is 1. The minimum atomic E-state index is -0.338. The molecule has 2 N–H and O–H groups in total. The van der Waals surface area contributed by atoms with Crippen LogP contribution in [0.1, 0.15) is 25.6 Å². The molecule has 0 aliphatic rings. The SMILES string of the molecule is CSCc1ccc(C(=O)NNC(=O)c2ccc(Br)s2)cc1. The summed E-state index contributed by atoms with van der Waals surface area (Å²) in [7, 11) is 0. The van der Waals surface area contributed by atoms with Gasteiger partial charge in [0.15, 0.2) is 0 Å². The lowest BCUT2D eigenvalue weighted by Gasteiger charge is -2.07. The largest absolute Gasteiger partial charge is 0.279 e. The highest BCUT2D eigenvalue weighted by atomic mass is 79.9. The van der Waals surface area contributed by atoms with Crippen LogP contribution in [0.2, 0.25) is 0 Å². The fourth-order valence-corrected chi connectivity index (χ4v) is 3.41. The van der Waals surface area contributed by atoms with Gasteiger partial charge in [0.2, 0.25) is 0 Å². The molecule has 0 unspecified atom stereocenters. The third kappa shape index (κ3) is 4.59. The molecule has 7 heteroatoms. The molecule has 0 aliphatic carbocycles. The second kappa shape index (κ2) is 7.63. The molecule has 2 amide bonds. The Kier molecular flexibility index (Phi) is 5.84. The van der Waals surface area contributed by atoms with Gasteiger partial charge in [0.05, 0.1) is 8.66 Å². The zero-order valence-corrected chi connectivity index (χ0v) is 14.4. The van der Waals surface area contributed by atoms with E-state index in [2.05, 4.69) is 26.8 Å². The van der Waals surface area contributed by atoms with Crippen molar-refractivity contribution in [2.24, 2.45) is 0 Å². The summed E-state index contributed by atoms with van der Waals surface area (Å²) in [6, 6.07) is 10.8. The van der Waals surface area contributed by atoms with E-state index in [-0.39, 0.29) is 11.8 Å². The van der Waals surface area contributed by atoms with Crippen LogP contribution in [0, 0.1) is 0 Å². The van der Waals surface area contributed by atoms with Gasteiger partial charge in [-0.2, -0.15) is 11.8 Å². The highest BCUT2D eigenvalue weighted by molar-refractivity contribution is 9.11. The van der Waals surface area contributed by atoms with E-state index in [0.717, 1.165) is 15.1 Å². The van der Waals surface area contributed by atoms with E-state index in [1.807, 2.05) is 18.4 Å². The molecule has 0 bridgehead atoms. The van der Waals surface area contributed by atoms with Gasteiger partial charge in [-0.25, -0.2) is 0 Å². The van der Waals surface area contributed by atoms with Gasteiger partial charge in [0.1, 0.15) is 0 Å². The zero-order valence-electron chi connectivity index (χ0n) is 11.2. The Morgan fingerprint density at radius 1 is 1.10 bits per heavy atom. The number of amides is 2. The van der Waals surface area contributed by atoms with Gasteiger partial charge in [-0.1, -0.05) is 12.1 Å². The number of hydrazine groups is 1. The van der Waals surface area contributed by atoms with Gasteiger partial charge in [-0.15, -0.1) is 11.3 Å². The van der Waals surface area contributed by atoms with E-state index in [9.17, 15) is 9.59 Å². The van der Waals surface area contributed by atoms with Crippen molar-refractivity contribution in [1.29, 1.82) is 0 Å². The summed E-state index contributed by atoms with van der Waals surface area (Å²) >= 11 is 6.31. The molecular formula is C14H13BrN2O2S2. The summed E-state index contributed by atoms with van der Waals surface area (Å²) in [5.41, 5.74) is 6.47. The number of benzene rings is 1. The van der Waals surface area contributed by atoms with Gasteiger partial charge in [0, 0.05) is 11.3 Å². The summed E-state index contributed by atoms with van der Waals surface area (Å²) in [5.74, 6) is 0.235. The van der Waals surface area contributed by atoms with Crippen LogP contribution in [0.15, 0.2) is 40.2 Å². The normalized spacial score (nSPS) is 10.2. The van der Waals surface area contributed by atoms with E-state index in [1.54, 1.807) is 36.0 Å². The van der Waals surface area contributed by atoms with Crippen LogP contribution in [0.3, 0.4) is 0 Å². The Hall–Kier alpha value is -1.31. The van der Waals surface area contributed by atoms with Gasteiger partial charge in [-0.05, 0) is 52.0 Å². The monoisotopic (exact) mass is 384 g/mol.